The number of amides is 1. The van der Waals surface area contributed by atoms with Crippen LogP contribution in [0.1, 0.15) is 18.4 Å². The highest BCUT2D eigenvalue weighted by atomic mass is 35.5. The molecule has 0 aliphatic carbocycles. The molecule has 0 bridgehead atoms. The molecule has 0 radical (unpaired) electrons. The molecule has 23 heavy (non-hydrogen) atoms. The summed E-state index contributed by atoms with van der Waals surface area (Å²) in [5.74, 6) is 0.423. The van der Waals surface area contributed by atoms with Crippen molar-refractivity contribution in [2.45, 2.75) is 25.0 Å². The summed E-state index contributed by atoms with van der Waals surface area (Å²) in [6, 6.07) is 9.58. The summed E-state index contributed by atoms with van der Waals surface area (Å²) in [7, 11) is 0. The predicted octanol–water partition coefficient (Wildman–Crippen LogP) is 3.33. The van der Waals surface area contributed by atoms with Crippen LogP contribution in [-0.2, 0) is 16.1 Å². The van der Waals surface area contributed by atoms with Gasteiger partial charge in [0.1, 0.15) is 13.2 Å². The number of alkyl halides is 1. The highest BCUT2D eigenvalue weighted by Gasteiger charge is 2.42. The van der Waals surface area contributed by atoms with E-state index < -0.39 is 5.54 Å². The van der Waals surface area contributed by atoms with Crippen LogP contribution in [0.15, 0.2) is 30.3 Å². The third kappa shape index (κ3) is 5.12. The minimum atomic E-state index is -0.539. The molecule has 1 saturated heterocycles. The standard InChI is InChI=1S/C17H21ClN2O3/c1-19-17(14-22-12-9-18)7-10-20(11-8-17)16(21)23-13-15-5-3-2-4-6-15/h2-6H,7-14H2. The van der Waals surface area contributed by atoms with E-state index in [9.17, 15) is 4.79 Å². The second kappa shape index (κ2) is 8.76. The number of likely N-dealkylation sites (tertiary alicyclic amines) is 1. The van der Waals surface area contributed by atoms with E-state index in [1.807, 2.05) is 30.3 Å². The van der Waals surface area contributed by atoms with Crippen LogP contribution in [0.4, 0.5) is 4.79 Å². The van der Waals surface area contributed by atoms with Gasteiger partial charge >= 0.3 is 6.09 Å². The number of ether oxygens (including phenoxy) is 2. The fraction of sp³-hybridized carbons (Fsp3) is 0.529. The lowest BCUT2D eigenvalue weighted by Gasteiger charge is -2.33. The molecule has 1 aromatic rings. The lowest BCUT2D eigenvalue weighted by Crippen LogP contribution is -2.47. The van der Waals surface area contributed by atoms with Gasteiger partial charge in [0.15, 0.2) is 0 Å². The number of nitrogens with zero attached hydrogens (tertiary/aromatic N) is 2. The van der Waals surface area contributed by atoms with Crippen molar-refractivity contribution < 1.29 is 14.3 Å². The number of rotatable bonds is 6. The number of benzene rings is 1. The Morgan fingerprint density at radius 2 is 2.00 bits per heavy atom. The van der Waals surface area contributed by atoms with Gasteiger partial charge in [-0.2, -0.15) is 0 Å². The van der Waals surface area contributed by atoms with Gasteiger partial charge in [0.2, 0.25) is 0 Å². The molecule has 1 heterocycles. The molecule has 1 aromatic carbocycles. The molecular formula is C17H21ClN2O3. The number of hydrogen-bond donors (Lipinski definition) is 0. The molecule has 1 amide bonds. The smallest absolute Gasteiger partial charge is 0.410 e. The Kier molecular flexibility index (Phi) is 6.69. The Hall–Kier alpha value is -1.77. The first kappa shape index (κ1) is 17.6. The quantitative estimate of drug-likeness (QED) is 0.454. The van der Waals surface area contributed by atoms with E-state index in [1.165, 1.54) is 0 Å². The molecule has 0 spiro atoms. The molecule has 6 heteroatoms. The van der Waals surface area contributed by atoms with E-state index in [0.29, 0.717) is 45.0 Å². The molecule has 1 aliphatic heterocycles. The predicted molar refractivity (Wildman–Crippen MR) is 88.3 cm³/mol. The van der Waals surface area contributed by atoms with Crippen LogP contribution in [0, 0.1) is 6.57 Å². The Labute approximate surface area is 141 Å². The average molecular weight is 337 g/mol. The van der Waals surface area contributed by atoms with Gasteiger partial charge in [-0.1, -0.05) is 30.3 Å². The second-order valence-corrected chi connectivity index (χ2v) is 5.98. The monoisotopic (exact) mass is 336 g/mol. The van der Waals surface area contributed by atoms with E-state index in [4.69, 9.17) is 27.6 Å². The summed E-state index contributed by atoms with van der Waals surface area (Å²) in [5, 5.41) is 0. The van der Waals surface area contributed by atoms with Gasteiger partial charge in [0.05, 0.1) is 6.61 Å². The third-order valence-electron chi connectivity index (χ3n) is 3.99. The van der Waals surface area contributed by atoms with Crippen molar-refractivity contribution in [3.05, 3.63) is 47.3 Å². The first-order chi connectivity index (χ1) is 11.2. The van der Waals surface area contributed by atoms with Crippen LogP contribution < -0.4 is 0 Å². The number of piperidine rings is 1. The Balaban J connectivity index is 1.78. The average Bonchev–Trinajstić information content (AvgIpc) is 2.61. The van der Waals surface area contributed by atoms with Gasteiger partial charge in [-0.05, 0) is 5.56 Å². The Morgan fingerprint density at radius 3 is 2.61 bits per heavy atom. The highest BCUT2D eigenvalue weighted by Crippen LogP contribution is 2.27. The van der Waals surface area contributed by atoms with E-state index in [-0.39, 0.29) is 12.7 Å². The maximum absolute atomic E-state index is 12.1. The minimum Gasteiger partial charge on any atom is -0.445 e. The molecule has 0 saturated carbocycles. The molecule has 0 unspecified atom stereocenters. The lowest BCUT2D eigenvalue weighted by molar-refractivity contribution is 0.0561. The normalized spacial score (nSPS) is 16.6. The van der Waals surface area contributed by atoms with Crippen molar-refractivity contribution in [2.24, 2.45) is 0 Å². The maximum atomic E-state index is 12.1. The largest absolute Gasteiger partial charge is 0.445 e. The molecular weight excluding hydrogens is 316 g/mol. The van der Waals surface area contributed by atoms with Crippen molar-refractivity contribution in [2.75, 3.05) is 32.2 Å². The van der Waals surface area contributed by atoms with Gasteiger partial charge in [0, 0.05) is 31.8 Å². The van der Waals surface area contributed by atoms with Crippen LogP contribution >= 0.6 is 11.6 Å². The summed E-state index contributed by atoms with van der Waals surface area (Å²) in [6.07, 6.45) is 0.868. The number of hydrogen-bond acceptors (Lipinski definition) is 3. The van der Waals surface area contributed by atoms with Gasteiger partial charge in [-0.3, -0.25) is 0 Å². The first-order valence-electron chi connectivity index (χ1n) is 7.67. The zero-order valence-electron chi connectivity index (χ0n) is 13.0. The third-order valence-corrected chi connectivity index (χ3v) is 4.14. The number of carbonyl (C=O) groups excluding carboxylic acids is 1. The van der Waals surface area contributed by atoms with Crippen LogP contribution in [0.25, 0.3) is 4.85 Å². The molecule has 5 nitrogen and oxygen atoms in total. The Morgan fingerprint density at radius 1 is 1.30 bits per heavy atom. The van der Waals surface area contributed by atoms with E-state index in [1.54, 1.807) is 4.90 Å². The summed E-state index contributed by atoms with van der Waals surface area (Å²) in [4.78, 5) is 17.5. The van der Waals surface area contributed by atoms with Crippen molar-refractivity contribution in [1.82, 2.24) is 4.90 Å². The molecule has 0 N–H and O–H groups in total. The fourth-order valence-corrected chi connectivity index (χ4v) is 2.63. The maximum Gasteiger partial charge on any atom is 0.410 e. The SMILES string of the molecule is [C-]#[N+]C1(COCCCl)CCN(C(=O)OCc2ccccc2)CC1. The zero-order valence-corrected chi connectivity index (χ0v) is 13.8. The summed E-state index contributed by atoms with van der Waals surface area (Å²) >= 11 is 5.59. The van der Waals surface area contributed by atoms with Crippen LogP contribution in [0.2, 0.25) is 0 Å². The topological polar surface area (TPSA) is 43.1 Å². The van der Waals surface area contributed by atoms with Crippen LogP contribution in [0.3, 0.4) is 0 Å². The number of halogens is 1. The van der Waals surface area contributed by atoms with E-state index in [2.05, 4.69) is 4.85 Å². The second-order valence-electron chi connectivity index (χ2n) is 5.60. The van der Waals surface area contributed by atoms with E-state index >= 15 is 0 Å². The summed E-state index contributed by atoms with van der Waals surface area (Å²) in [6.45, 7) is 9.54. The minimum absolute atomic E-state index is 0.267. The fourth-order valence-electron chi connectivity index (χ4n) is 2.52. The van der Waals surface area contributed by atoms with Crippen LogP contribution in [0.5, 0.6) is 0 Å². The summed E-state index contributed by atoms with van der Waals surface area (Å²) in [5.41, 5.74) is 0.422. The van der Waals surface area contributed by atoms with Gasteiger partial charge in [-0.25, -0.2) is 11.4 Å². The van der Waals surface area contributed by atoms with Gasteiger partial charge < -0.3 is 19.2 Å². The molecule has 124 valence electrons. The zero-order chi connectivity index (χ0) is 16.5. The molecule has 0 atom stereocenters. The van der Waals surface area contributed by atoms with Crippen molar-refractivity contribution in [3.8, 4) is 0 Å². The van der Waals surface area contributed by atoms with Crippen LogP contribution in [-0.4, -0.2) is 48.7 Å². The molecule has 1 aliphatic rings. The molecule has 2 rings (SSSR count). The lowest BCUT2D eigenvalue weighted by atomic mass is 9.89. The highest BCUT2D eigenvalue weighted by molar-refractivity contribution is 6.17. The first-order valence-corrected chi connectivity index (χ1v) is 8.20. The van der Waals surface area contributed by atoms with E-state index in [0.717, 1.165) is 5.56 Å². The molecule has 1 fully saturated rings. The van der Waals surface area contributed by atoms with Gasteiger partial charge in [0.25, 0.3) is 5.54 Å². The van der Waals surface area contributed by atoms with Crippen molar-refractivity contribution >= 4 is 17.7 Å². The molecule has 0 aromatic heterocycles. The summed E-state index contributed by atoms with van der Waals surface area (Å²) < 4.78 is 10.8. The van der Waals surface area contributed by atoms with Crippen molar-refractivity contribution in [3.63, 3.8) is 0 Å². The van der Waals surface area contributed by atoms with Gasteiger partial charge in [-0.15, -0.1) is 11.6 Å². The van der Waals surface area contributed by atoms with Crippen molar-refractivity contribution in [1.29, 1.82) is 0 Å². The Bertz CT molecular complexity index is 537. The number of carbonyl (C=O) groups is 1.